The van der Waals surface area contributed by atoms with E-state index in [9.17, 15) is 13.2 Å². The van der Waals surface area contributed by atoms with Gasteiger partial charge in [0.2, 0.25) is 0 Å². The monoisotopic (exact) mass is 390 g/mol. The highest BCUT2D eigenvalue weighted by molar-refractivity contribution is 7.92. The highest BCUT2D eigenvalue weighted by Crippen LogP contribution is 2.21. The Bertz CT molecular complexity index is 877. The SMILES string of the molecule is CCOCCCNC(=O)c1ccc(C)c(S(=O)(=O)Nc2ccc(C)cc2)c1. The Morgan fingerprint density at radius 1 is 1.07 bits per heavy atom. The number of benzene rings is 2. The van der Waals surface area contributed by atoms with Crippen LogP contribution in [0.2, 0.25) is 0 Å². The molecule has 0 heterocycles. The number of hydrogen-bond donors (Lipinski definition) is 2. The predicted octanol–water partition coefficient (Wildman–Crippen LogP) is 3.26. The van der Waals surface area contributed by atoms with Gasteiger partial charge in [0.25, 0.3) is 15.9 Å². The predicted molar refractivity (Wildman–Crippen MR) is 107 cm³/mol. The third kappa shape index (κ3) is 6.08. The number of hydrogen-bond acceptors (Lipinski definition) is 4. The minimum atomic E-state index is -3.80. The first-order valence-corrected chi connectivity index (χ1v) is 10.4. The van der Waals surface area contributed by atoms with E-state index in [0.29, 0.717) is 43.0 Å². The van der Waals surface area contributed by atoms with E-state index in [0.717, 1.165) is 5.56 Å². The quantitative estimate of drug-likeness (QED) is 0.644. The number of amides is 1. The van der Waals surface area contributed by atoms with E-state index >= 15 is 0 Å². The molecule has 7 heteroatoms. The molecular formula is C20H26N2O4S. The van der Waals surface area contributed by atoms with Crippen molar-refractivity contribution in [3.05, 3.63) is 59.2 Å². The van der Waals surface area contributed by atoms with Crippen molar-refractivity contribution < 1.29 is 17.9 Å². The van der Waals surface area contributed by atoms with E-state index in [4.69, 9.17) is 4.74 Å². The molecule has 2 N–H and O–H groups in total. The van der Waals surface area contributed by atoms with Crippen molar-refractivity contribution >= 4 is 21.6 Å². The summed E-state index contributed by atoms with van der Waals surface area (Å²) in [7, 11) is -3.80. The number of aryl methyl sites for hydroxylation is 2. The standard InChI is InChI=1S/C20H26N2O4S/c1-4-26-13-5-12-21-20(23)17-9-8-16(3)19(14-17)27(24,25)22-18-10-6-15(2)7-11-18/h6-11,14,22H,4-5,12-13H2,1-3H3,(H,21,23). The minimum Gasteiger partial charge on any atom is -0.382 e. The molecule has 1 amide bonds. The lowest BCUT2D eigenvalue weighted by Gasteiger charge is -2.12. The van der Waals surface area contributed by atoms with Crippen LogP contribution in [0.5, 0.6) is 0 Å². The Morgan fingerprint density at radius 3 is 2.44 bits per heavy atom. The number of carbonyl (C=O) groups is 1. The average molecular weight is 391 g/mol. The van der Waals surface area contributed by atoms with Gasteiger partial charge in [0.1, 0.15) is 0 Å². The molecule has 2 aromatic carbocycles. The Morgan fingerprint density at radius 2 is 1.78 bits per heavy atom. The minimum absolute atomic E-state index is 0.0880. The van der Waals surface area contributed by atoms with Crippen LogP contribution in [0.1, 0.15) is 34.8 Å². The van der Waals surface area contributed by atoms with E-state index in [-0.39, 0.29) is 10.8 Å². The third-order valence-corrected chi connectivity index (χ3v) is 5.52. The van der Waals surface area contributed by atoms with Gasteiger partial charge in [0, 0.05) is 31.0 Å². The molecule has 0 saturated heterocycles. The van der Waals surface area contributed by atoms with Crippen LogP contribution in [0.15, 0.2) is 47.4 Å². The van der Waals surface area contributed by atoms with Crippen molar-refractivity contribution in [1.82, 2.24) is 5.32 Å². The molecule has 0 unspecified atom stereocenters. The summed E-state index contributed by atoms with van der Waals surface area (Å²) in [6, 6.07) is 11.7. The second kappa shape index (κ2) is 9.53. The zero-order valence-corrected chi connectivity index (χ0v) is 16.7. The molecule has 0 aliphatic heterocycles. The van der Waals surface area contributed by atoms with Crippen LogP contribution >= 0.6 is 0 Å². The van der Waals surface area contributed by atoms with Gasteiger partial charge in [-0.25, -0.2) is 8.42 Å². The summed E-state index contributed by atoms with van der Waals surface area (Å²) >= 11 is 0. The Hall–Kier alpha value is -2.38. The zero-order valence-electron chi connectivity index (χ0n) is 15.9. The lowest BCUT2D eigenvalue weighted by atomic mass is 10.1. The fourth-order valence-corrected chi connectivity index (χ4v) is 3.82. The number of nitrogens with one attached hydrogen (secondary N) is 2. The van der Waals surface area contributed by atoms with E-state index < -0.39 is 10.0 Å². The van der Waals surface area contributed by atoms with Crippen molar-refractivity contribution in [2.24, 2.45) is 0 Å². The highest BCUT2D eigenvalue weighted by atomic mass is 32.2. The fraction of sp³-hybridized carbons (Fsp3) is 0.350. The molecule has 0 radical (unpaired) electrons. The first-order chi connectivity index (χ1) is 12.8. The van der Waals surface area contributed by atoms with Gasteiger partial charge in [-0.2, -0.15) is 0 Å². The molecule has 0 saturated carbocycles. The van der Waals surface area contributed by atoms with Gasteiger partial charge in [-0.3, -0.25) is 9.52 Å². The van der Waals surface area contributed by atoms with E-state index in [1.807, 2.05) is 26.0 Å². The van der Waals surface area contributed by atoms with E-state index in [1.165, 1.54) is 6.07 Å². The van der Waals surface area contributed by atoms with E-state index in [2.05, 4.69) is 10.0 Å². The molecule has 0 aliphatic rings. The van der Waals surface area contributed by atoms with E-state index in [1.54, 1.807) is 31.2 Å². The highest BCUT2D eigenvalue weighted by Gasteiger charge is 2.19. The molecule has 27 heavy (non-hydrogen) atoms. The summed E-state index contributed by atoms with van der Waals surface area (Å²) in [6.07, 6.45) is 0.700. The molecule has 0 atom stereocenters. The molecular weight excluding hydrogens is 364 g/mol. The largest absolute Gasteiger partial charge is 0.382 e. The van der Waals surface area contributed by atoms with Crippen LogP contribution in [0.25, 0.3) is 0 Å². The molecule has 0 aliphatic carbocycles. The normalized spacial score (nSPS) is 11.2. The molecule has 2 rings (SSSR count). The Kier molecular flexibility index (Phi) is 7.38. The summed E-state index contributed by atoms with van der Waals surface area (Å²) < 4.78 is 33.3. The first-order valence-electron chi connectivity index (χ1n) is 8.89. The van der Waals surface area contributed by atoms with Crippen LogP contribution in [0, 0.1) is 13.8 Å². The molecule has 0 aromatic heterocycles. The number of rotatable bonds is 9. The maximum absolute atomic E-state index is 12.8. The zero-order chi connectivity index (χ0) is 19.9. The smallest absolute Gasteiger partial charge is 0.262 e. The van der Waals surface area contributed by atoms with Crippen molar-refractivity contribution in [2.75, 3.05) is 24.5 Å². The van der Waals surface area contributed by atoms with Crippen molar-refractivity contribution in [2.45, 2.75) is 32.1 Å². The summed E-state index contributed by atoms with van der Waals surface area (Å²) in [6.45, 7) is 7.23. The molecule has 0 fully saturated rings. The third-order valence-electron chi connectivity index (χ3n) is 4.00. The maximum Gasteiger partial charge on any atom is 0.262 e. The van der Waals surface area contributed by atoms with Crippen LogP contribution in [0.3, 0.4) is 0 Å². The topological polar surface area (TPSA) is 84.5 Å². The van der Waals surface area contributed by atoms with Gasteiger partial charge in [-0.1, -0.05) is 23.8 Å². The number of carbonyl (C=O) groups excluding carboxylic acids is 1. The summed E-state index contributed by atoms with van der Waals surface area (Å²) in [5.41, 5.74) is 2.40. The molecule has 2 aromatic rings. The molecule has 6 nitrogen and oxygen atoms in total. The summed E-state index contributed by atoms with van der Waals surface area (Å²) in [4.78, 5) is 12.4. The van der Waals surface area contributed by atoms with Crippen LogP contribution in [-0.2, 0) is 14.8 Å². The van der Waals surface area contributed by atoms with Crippen LogP contribution in [-0.4, -0.2) is 34.1 Å². The Labute approximate surface area is 161 Å². The van der Waals surface area contributed by atoms with Crippen molar-refractivity contribution in [1.29, 1.82) is 0 Å². The molecule has 146 valence electrons. The van der Waals surface area contributed by atoms with Crippen LogP contribution < -0.4 is 10.0 Å². The lowest BCUT2D eigenvalue weighted by Crippen LogP contribution is -2.26. The molecule has 0 spiro atoms. The van der Waals surface area contributed by atoms with Crippen molar-refractivity contribution in [3.8, 4) is 0 Å². The summed E-state index contributed by atoms with van der Waals surface area (Å²) in [5, 5.41) is 2.78. The van der Waals surface area contributed by atoms with Crippen LogP contribution in [0.4, 0.5) is 5.69 Å². The first kappa shape index (κ1) is 20.9. The number of ether oxygens (including phenoxy) is 1. The van der Waals surface area contributed by atoms with Gasteiger partial charge in [0.15, 0.2) is 0 Å². The Balaban J connectivity index is 2.13. The van der Waals surface area contributed by atoms with Crippen molar-refractivity contribution in [3.63, 3.8) is 0 Å². The number of anilines is 1. The second-order valence-corrected chi connectivity index (χ2v) is 7.91. The van der Waals surface area contributed by atoms with Gasteiger partial charge in [-0.15, -0.1) is 0 Å². The van der Waals surface area contributed by atoms with Gasteiger partial charge < -0.3 is 10.1 Å². The second-order valence-electron chi connectivity index (χ2n) is 6.26. The lowest BCUT2D eigenvalue weighted by molar-refractivity contribution is 0.0944. The molecule has 0 bridgehead atoms. The summed E-state index contributed by atoms with van der Waals surface area (Å²) in [5.74, 6) is -0.307. The number of sulfonamides is 1. The van der Waals surface area contributed by atoms with Gasteiger partial charge in [0.05, 0.1) is 4.90 Å². The fourth-order valence-electron chi connectivity index (χ4n) is 2.49. The van der Waals surface area contributed by atoms with Gasteiger partial charge in [-0.05, 0) is 57.0 Å². The maximum atomic E-state index is 12.8. The average Bonchev–Trinajstić information content (AvgIpc) is 2.63. The van der Waals surface area contributed by atoms with Gasteiger partial charge >= 0.3 is 0 Å².